The van der Waals surface area contributed by atoms with Gasteiger partial charge in [0.25, 0.3) is 5.91 Å². The van der Waals surface area contributed by atoms with Gasteiger partial charge in [0.1, 0.15) is 11.6 Å². The van der Waals surface area contributed by atoms with Gasteiger partial charge in [0.05, 0.1) is 5.97 Å². The van der Waals surface area contributed by atoms with Gasteiger partial charge in [-0.1, -0.05) is 29.8 Å². The zero-order chi connectivity index (χ0) is 20.1. The van der Waals surface area contributed by atoms with Gasteiger partial charge in [0.2, 0.25) is 0 Å². The highest BCUT2D eigenvalue weighted by Crippen LogP contribution is 2.19. The van der Waals surface area contributed by atoms with E-state index in [1.807, 2.05) is 6.07 Å². The molecule has 0 atom stereocenters. The van der Waals surface area contributed by atoms with E-state index in [1.165, 1.54) is 18.2 Å². The second-order valence-electron chi connectivity index (χ2n) is 5.78. The number of carbonyl (C=O) groups excluding carboxylic acids is 2. The summed E-state index contributed by atoms with van der Waals surface area (Å²) >= 11 is 5.90. The number of rotatable bonds is 5. The van der Waals surface area contributed by atoms with Crippen LogP contribution in [0.4, 0.5) is 5.69 Å². The van der Waals surface area contributed by atoms with Crippen LogP contribution in [0.2, 0.25) is 5.02 Å². The van der Waals surface area contributed by atoms with Crippen molar-refractivity contribution in [2.75, 3.05) is 5.32 Å². The Morgan fingerprint density at radius 2 is 1.89 bits per heavy atom. The molecular weight excluding hydrogens is 378 g/mol. The van der Waals surface area contributed by atoms with Crippen molar-refractivity contribution < 1.29 is 14.7 Å². The zero-order valence-corrected chi connectivity index (χ0v) is 15.2. The van der Waals surface area contributed by atoms with E-state index < -0.39 is 11.9 Å². The van der Waals surface area contributed by atoms with Gasteiger partial charge in [0, 0.05) is 28.3 Å². The van der Waals surface area contributed by atoms with Crippen molar-refractivity contribution in [2.24, 2.45) is 0 Å². The Hall–Kier alpha value is -3.82. The van der Waals surface area contributed by atoms with E-state index >= 15 is 0 Å². The van der Waals surface area contributed by atoms with Crippen molar-refractivity contribution in [3.05, 3.63) is 88.7 Å². The number of carboxylic acid groups (broad SMARTS) is 1. The number of anilines is 1. The summed E-state index contributed by atoms with van der Waals surface area (Å²) in [5, 5.41) is 23.6. The van der Waals surface area contributed by atoms with Crippen LogP contribution in [0.15, 0.2) is 72.4 Å². The van der Waals surface area contributed by atoms with Crippen molar-refractivity contribution in [3.8, 4) is 11.8 Å². The summed E-state index contributed by atoms with van der Waals surface area (Å²) < 4.78 is 1.66. The number of halogens is 1. The lowest BCUT2D eigenvalue weighted by molar-refractivity contribution is -0.255. The molecule has 0 aliphatic carbocycles. The smallest absolute Gasteiger partial charge is 0.266 e. The van der Waals surface area contributed by atoms with Gasteiger partial charge in [-0.2, -0.15) is 5.26 Å². The van der Waals surface area contributed by atoms with Gasteiger partial charge >= 0.3 is 0 Å². The molecule has 0 saturated heterocycles. The Bertz CT molecular complexity index is 1130. The first-order chi connectivity index (χ1) is 13.5. The van der Waals surface area contributed by atoms with Crippen LogP contribution in [0, 0.1) is 11.3 Å². The molecule has 0 unspecified atom stereocenters. The molecule has 28 heavy (non-hydrogen) atoms. The molecule has 1 aromatic heterocycles. The molecule has 7 heteroatoms. The zero-order valence-electron chi connectivity index (χ0n) is 14.4. The number of aromatic carboxylic acids is 1. The van der Waals surface area contributed by atoms with Crippen molar-refractivity contribution >= 4 is 35.2 Å². The van der Waals surface area contributed by atoms with Gasteiger partial charge < -0.3 is 19.8 Å². The minimum Gasteiger partial charge on any atom is -0.545 e. The quantitative estimate of drug-likeness (QED) is 0.534. The lowest BCUT2D eigenvalue weighted by Gasteiger charge is -2.10. The van der Waals surface area contributed by atoms with Crippen LogP contribution in [0.1, 0.15) is 16.1 Å². The molecule has 0 saturated carbocycles. The number of nitriles is 1. The molecular formula is C21H13ClN3O3-. The highest BCUT2D eigenvalue weighted by Gasteiger charge is 2.12. The third-order valence-electron chi connectivity index (χ3n) is 3.88. The number of carboxylic acids is 1. The third-order valence-corrected chi connectivity index (χ3v) is 4.12. The first-order valence-electron chi connectivity index (χ1n) is 8.16. The third kappa shape index (κ3) is 4.29. The van der Waals surface area contributed by atoms with Crippen LogP contribution in [-0.4, -0.2) is 16.4 Å². The van der Waals surface area contributed by atoms with E-state index in [9.17, 15) is 20.0 Å². The predicted molar refractivity (Wildman–Crippen MR) is 104 cm³/mol. The fraction of sp³-hybridized carbons (Fsp3) is 0. The summed E-state index contributed by atoms with van der Waals surface area (Å²) in [6.45, 7) is 0. The number of carbonyl (C=O) groups is 2. The fourth-order valence-corrected chi connectivity index (χ4v) is 2.78. The number of aromatic nitrogens is 1. The SMILES string of the molecule is N#C/C(=C\c1cccn1-c1cccc(C(=O)[O-])c1)C(=O)Nc1cccc(Cl)c1. The second-order valence-corrected chi connectivity index (χ2v) is 6.21. The lowest BCUT2D eigenvalue weighted by atomic mass is 10.2. The highest BCUT2D eigenvalue weighted by atomic mass is 35.5. The molecule has 0 bridgehead atoms. The predicted octanol–water partition coefficient (Wildman–Crippen LogP) is 3.04. The van der Waals surface area contributed by atoms with Crippen molar-refractivity contribution in [1.29, 1.82) is 5.26 Å². The maximum atomic E-state index is 12.4. The molecule has 0 spiro atoms. The molecule has 1 N–H and O–H groups in total. The first kappa shape index (κ1) is 19.0. The molecule has 2 aromatic carbocycles. The molecule has 0 aliphatic rings. The van der Waals surface area contributed by atoms with E-state index in [2.05, 4.69) is 5.32 Å². The fourth-order valence-electron chi connectivity index (χ4n) is 2.59. The molecule has 0 aliphatic heterocycles. The molecule has 3 aromatic rings. The topological polar surface area (TPSA) is 97.9 Å². The number of benzene rings is 2. The molecule has 6 nitrogen and oxygen atoms in total. The maximum Gasteiger partial charge on any atom is 0.266 e. The van der Waals surface area contributed by atoms with Gasteiger partial charge in [-0.25, -0.2) is 0 Å². The Morgan fingerprint density at radius 3 is 2.61 bits per heavy atom. The Morgan fingerprint density at radius 1 is 1.11 bits per heavy atom. The summed E-state index contributed by atoms with van der Waals surface area (Å²) in [5.74, 6) is -1.87. The summed E-state index contributed by atoms with van der Waals surface area (Å²) in [7, 11) is 0. The molecule has 1 amide bonds. The summed E-state index contributed by atoms with van der Waals surface area (Å²) in [6.07, 6.45) is 3.12. The Labute approximate surface area is 165 Å². The van der Waals surface area contributed by atoms with Gasteiger partial charge in [0.15, 0.2) is 0 Å². The molecule has 138 valence electrons. The number of hydrogen-bond donors (Lipinski definition) is 1. The standard InChI is InChI=1S/C21H14ClN3O3/c22-16-5-2-6-17(12-16)24-20(26)15(13-23)11-19-8-3-9-25(19)18-7-1-4-14(10-18)21(27)28/h1-12H,(H,24,26)(H,27,28)/p-1/b15-11+. The monoisotopic (exact) mass is 390 g/mol. The minimum absolute atomic E-state index is 0.0281. The summed E-state index contributed by atoms with van der Waals surface area (Å²) in [4.78, 5) is 23.5. The van der Waals surface area contributed by atoms with Gasteiger partial charge in [-0.05, 0) is 54.1 Å². The lowest BCUT2D eigenvalue weighted by Crippen LogP contribution is -2.22. The van der Waals surface area contributed by atoms with Crippen LogP contribution >= 0.6 is 11.6 Å². The number of nitrogens with one attached hydrogen (secondary N) is 1. The molecule has 0 fully saturated rings. The van der Waals surface area contributed by atoms with Gasteiger partial charge in [-0.15, -0.1) is 0 Å². The largest absolute Gasteiger partial charge is 0.545 e. The van der Waals surface area contributed by atoms with Gasteiger partial charge in [-0.3, -0.25) is 4.79 Å². The maximum absolute atomic E-state index is 12.4. The summed E-state index contributed by atoms with van der Waals surface area (Å²) in [6, 6.07) is 18.1. The van der Waals surface area contributed by atoms with Crippen LogP contribution in [0.5, 0.6) is 0 Å². The molecule has 1 heterocycles. The van der Waals surface area contributed by atoms with E-state index in [0.717, 1.165) is 0 Å². The first-order valence-corrected chi connectivity index (χ1v) is 8.53. The minimum atomic E-state index is -1.29. The van der Waals surface area contributed by atoms with Crippen molar-refractivity contribution in [1.82, 2.24) is 4.57 Å². The number of amides is 1. The van der Waals surface area contributed by atoms with Crippen LogP contribution in [0.25, 0.3) is 11.8 Å². The van der Waals surface area contributed by atoms with Crippen LogP contribution in [0.3, 0.4) is 0 Å². The van der Waals surface area contributed by atoms with Crippen LogP contribution < -0.4 is 10.4 Å². The van der Waals surface area contributed by atoms with E-state index in [0.29, 0.717) is 22.1 Å². The van der Waals surface area contributed by atoms with Crippen molar-refractivity contribution in [2.45, 2.75) is 0 Å². The Kier molecular flexibility index (Phi) is 5.58. The van der Waals surface area contributed by atoms with Crippen molar-refractivity contribution in [3.63, 3.8) is 0 Å². The van der Waals surface area contributed by atoms with E-state index in [4.69, 9.17) is 11.6 Å². The van der Waals surface area contributed by atoms with Crippen LogP contribution in [-0.2, 0) is 4.79 Å². The number of hydrogen-bond acceptors (Lipinski definition) is 4. The second kappa shape index (κ2) is 8.25. The average Bonchev–Trinajstić information content (AvgIpc) is 3.14. The average molecular weight is 391 g/mol. The molecule has 0 radical (unpaired) electrons. The molecule has 3 rings (SSSR count). The normalized spacial score (nSPS) is 10.9. The number of nitrogens with zero attached hydrogens (tertiary/aromatic N) is 2. The Balaban J connectivity index is 1.91. The van der Waals surface area contributed by atoms with E-state index in [-0.39, 0.29) is 11.1 Å². The van der Waals surface area contributed by atoms with E-state index in [1.54, 1.807) is 59.3 Å². The summed E-state index contributed by atoms with van der Waals surface area (Å²) in [5.41, 5.74) is 1.48. The highest BCUT2D eigenvalue weighted by molar-refractivity contribution is 6.31.